The molecule has 1 rings (SSSR count). The minimum absolute atomic E-state index is 0.324. The average molecular weight is 265 g/mol. The summed E-state index contributed by atoms with van der Waals surface area (Å²) in [5, 5.41) is 18.2. The molecule has 0 aliphatic heterocycles. The molecule has 3 nitrogen and oxygen atoms in total. The van der Waals surface area contributed by atoms with Crippen LogP contribution >= 0.6 is 0 Å². The van der Waals surface area contributed by atoms with Crippen LogP contribution in [0, 0.1) is 40.4 Å². The third-order valence-corrected chi connectivity index (χ3v) is 5.12. The maximum absolute atomic E-state index is 11.0. The number of carboxylic acids is 1. The largest absolute Gasteiger partial charge is 0.481 e. The molecule has 0 saturated heterocycles. The molecule has 0 bridgehead atoms. The molecule has 4 unspecified atom stereocenters. The predicted octanol–water partition coefficient (Wildman–Crippen LogP) is 4.09. The van der Waals surface area contributed by atoms with Gasteiger partial charge in [0.1, 0.15) is 0 Å². The van der Waals surface area contributed by atoms with Gasteiger partial charge in [-0.05, 0) is 36.5 Å². The van der Waals surface area contributed by atoms with Crippen molar-refractivity contribution in [2.75, 3.05) is 0 Å². The Morgan fingerprint density at radius 3 is 2.63 bits per heavy atom. The van der Waals surface area contributed by atoms with Crippen molar-refractivity contribution in [1.82, 2.24) is 0 Å². The maximum Gasteiger partial charge on any atom is 0.307 e. The van der Waals surface area contributed by atoms with E-state index in [1.54, 1.807) is 6.92 Å². The molecule has 19 heavy (non-hydrogen) atoms. The van der Waals surface area contributed by atoms with Gasteiger partial charge in [-0.2, -0.15) is 5.26 Å². The molecule has 0 aromatic heterocycles. The Morgan fingerprint density at radius 2 is 2.16 bits per heavy atom. The van der Waals surface area contributed by atoms with Crippen LogP contribution in [0.1, 0.15) is 59.8 Å². The Balaban J connectivity index is 2.63. The summed E-state index contributed by atoms with van der Waals surface area (Å²) in [6.07, 6.45) is 5.48. The van der Waals surface area contributed by atoms with E-state index in [1.165, 1.54) is 19.3 Å². The van der Waals surface area contributed by atoms with Crippen LogP contribution in [0.3, 0.4) is 0 Å². The molecule has 108 valence electrons. The van der Waals surface area contributed by atoms with E-state index in [9.17, 15) is 4.79 Å². The van der Waals surface area contributed by atoms with Gasteiger partial charge in [0.2, 0.25) is 0 Å². The van der Waals surface area contributed by atoms with Gasteiger partial charge < -0.3 is 5.11 Å². The Hall–Kier alpha value is -1.04. The van der Waals surface area contributed by atoms with Crippen LogP contribution < -0.4 is 0 Å². The van der Waals surface area contributed by atoms with Gasteiger partial charge in [-0.3, -0.25) is 4.79 Å². The topological polar surface area (TPSA) is 61.1 Å². The second kappa shape index (κ2) is 6.41. The standard InChI is InChI=1S/C16H27NO2/c1-11-6-5-9-16(3,4)14(11)8-7-13(10-17)12(2)15(18)19/h11-14H,5-9H2,1-4H3,(H,18,19). The lowest BCUT2D eigenvalue weighted by Crippen LogP contribution is -2.34. The van der Waals surface area contributed by atoms with E-state index >= 15 is 0 Å². The number of carboxylic acid groups (broad SMARTS) is 1. The fourth-order valence-electron chi connectivity index (χ4n) is 3.67. The lowest BCUT2D eigenvalue weighted by molar-refractivity contribution is -0.142. The summed E-state index contributed by atoms with van der Waals surface area (Å²) >= 11 is 0. The van der Waals surface area contributed by atoms with Crippen molar-refractivity contribution in [3.05, 3.63) is 0 Å². The molecule has 1 saturated carbocycles. The summed E-state index contributed by atoms with van der Waals surface area (Å²) in [5.41, 5.74) is 0.324. The molecule has 1 N–H and O–H groups in total. The van der Waals surface area contributed by atoms with E-state index in [1.807, 2.05) is 0 Å². The highest BCUT2D eigenvalue weighted by Gasteiger charge is 2.37. The second-order valence-electron chi connectivity index (χ2n) is 6.90. The molecule has 1 aliphatic rings. The minimum Gasteiger partial charge on any atom is -0.481 e. The molecule has 1 fully saturated rings. The van der Waals surface area contributed by atoms with Crippen LogP contribution in [0.15, 0.2) is 0 Å². The van der Waals surface area contributed by atoms with Crippen LogP contribution in [-0.2, 0) is 4.79 Å². The Bertz CT molecular complexity index is 356. The first-order valence-electron chi connectivity index (χ1n) is 7.42. The lowest BCUT2D eigenvalue weighted by atomic mass is 9.62. The maximum atomic E-state index is 11.0. The summed E-state index contributed by atoms with van der Waals surface area (Å²) in [6.45, 7) is 8.57. The third kappa shape index (κ3) is 3.96. The Morgan fingerprint density at radius 1 is 1.53 bits per heavy atom. The second-order valence-corrected chi connectivity index (χ2v) is 6.90. The molecule has 0 aromatic carbocycles. The Labute approximate surface area is 117 Å². The number of nitrogens with zero attached hydrogens (tertiary/aromatic N) is 1. The van der Waals surface area contributed by atoms with Crippen molar-refractivity contribution in [3.63, 3.8) is 0 Å². The highest BCUT2D eigenvalue weighted by Crippen LogP contribution is 2.46. The molecule has 4 atom stereocenters. The highest BCUT2D eigenvalue weighted by atomic mass is 16.4. The van der Waals surface area contributed by atoms with Gasteiger partial charge >= 0.3 is 5.97 Å². The van der Waals surface area contributed by atoms with Gasteiger partial charge in [0.25, 0.3) is 0 Å². The number of hydrogen-bond donors (Lipinski definition) is 1. The smallest absolute Gasteiger partial charge is 0.307 e. The van der Waals surface area contributed by atoms with Crippen LogP contribution in [0.5, 0.6) is 0 Å². The fraction of sp³-hybridized carbons (Fsp3) is 0.875. The van der Waals surface area contributed by atoms with E-state index in [4.69, 9.17) is 10.4 Å². The number of nitriles is 1. The summed E-state index contributed by atoms with van der Waals surface area (Å²) < 4.78 is 0. The van der Waals surface area contributed by atoms with Gasteiger partial charge in [0.05, 0.1) is 17.9 Å². The molecule has 0 amide bonds. The van der Waals surface area contributed by atoms with Crippen molar-refractivity contribution in [2.24, 2.45) is 29.1 Å². The predicted molar refractivity (Wildman–Crippen MR) is 75.4 cm³/mol. The molecule has 0 heterocycles. The van der Waals surface area contributed by atoms with E-state index in [0.717, 1.165) is 6.42 Å². The fourth-order valence-corrected chi connectivity index (χ4v) is 3.67. The summed E-state index contributed by atoms with van der Waals surface area (Å²) in [6, 6.07) is 2.18. The van der Waals surface area contributed by atoms with E-state index < -0.39 is 11.9 Å². The number of rotatable bonds is 5. The van der Waals surface area contributed by atoms with Crippen molar-refractivity contribution < 1.29 is 9.90 Å². The number of carbonyl (C=O) groups is 1. The lowest BCUT2D eigenvalue weighted by Gasteiger charge is -2.43. The molecule has 0 spiro atoms. The van der Waals surface area contributed by atoms with Crippen molar-refractivity contribution in [1.29, 1.82) is 5.26 Å². The van der Waals surface area contributed by atoms with Crippen LogP contribution in [0.2, 0.25) is 0 Å². The Kier molecular flexibility index (Phi) is 5.40. The molecule has 3 heteroatoms. The van der Waals surface area contributed by atoms with Crippen molar-refractivity contribution in [2.45, 2.75) is 59.8 Å². The van der Waals surface area contributed by atoms with E-state index in [-0.39, 0.29) is 5.92 Å². The summed E-state index contributed by atoms with van der Waals surface area (Å²) in [5.74, 6) is -0.488. The minimum atomic E-state index is -0.859. The number of hydrogen-bond acceptors (Lipinski definition) is 2. The zero-order chi connectivity index (χ0) is 14.6. The SMILES string of the molecule is CC1CCCC(C)(C)C1CCC(C#N)C(C)C(=O)O. The zero-order valence-electron chi connectivity index (χ0n) is 12.6. The first kappa shape index (κ1) is 16.0. The normalized spacial score (nSPS) is 29.2. The van der Waals surface area contributed by atoms with Crippen molar-refractivity contribution >= 4 is 5.97 Å². The first-order chi connectivity index (χ1) is 8.79. The quantitative estimate of drug-likeness (QED) is 0.814. The van der Waals surface area contributed by atoms with E-state index in [0.29, 0.717) is 23.7 Å². The molecule has 0 aromatic rings. The third-order valence-electron chi connectivity index (χ3n) is 5.12. The summed E-state index contributed by atoms with van der Waals surface area (Å²) in [4.78, 5) is 11.0. The zero-order valence-corrected chi connectivity index (χ0v) is 12.6. The average Bonchev–Trinajstić information content (AvgIpc) is 2.31. The van der Waals surface area contributed by atoms with Gasteiger partial charge in [0.15, 0.2) is 0 Å². The van der Waals surface area contributed by atoms with Gasteiger partial charge in [-0.1, -0.05) is 40.5 Å². The molecule has 0 radical (unpaired) electrons. The molecular formula is C16H27NO2. The first-order valence-corrected chi connectivity index (χ1v) is 7.42. The van der Waals surface area contributed by atoms with E-state index in [2.05, 4.69) is 26.8 Å². The number of aliphatic carboxylic acids is 1. The monoisotopic (exact) mass is 265 g/mol. The highest BCUT2D eigenvalue weighted by molar-refractivity contribution is 5.70. The van der Waals surface area contributed by atoms with Gasteiger partial charge in [-0.15, -0.1) is 0 Å². The van der Waals surface area contributed by atoms with Crippen LogP contribution in [-0.4, -0.2) is 11.1 Å². The molecule has 1 aliphatic carbocycles. The molecular weight excluding hydrogens is 238 g/mol. The van der Waals surface area contributed by atoms with Crippen molar-refractivity contribution in [3.8, 4) is 6.07 Å². The van der Waals surface area contributed by atoms with Crippen LogP contribution in [0.4, 0.5) is 0 Å². The summed E-state index contributed by atoms with van der Waals surface area (Å²) in [7, 11) is 0. The van der Waals surface area contributed by atoms with Gasteiger partial charge in [0, 0.05) is 0 Å². The van der Waals surface area contributed by atoms with Gasteiger partial charge in [-0.25, -0.2) is 0 Å². The van der Waals surface area contributed by atoms with Crippen LogP contribution in [0.25, 0.3) is 0 Å².